The first-order valence-electron chi connectivity index (χ1n) is 8.69. The normalized spacial score (nSPS) is 13.9. The largest absolute Gasteiger partial charge is 0.484 e. The van der Waals surface area contributed by atoms with E-state index in [9.17, 15) is 9.59 Å². The molecule has 0 bridgehead atoms. The highest BCUT2D eigenvalue weighted by atomic mass is 79.9. The molecule has 27 heavy (non-hydrogen) atoms. The van der Waals surface area contributed by atoms with Gasteiger partial charge in [-0.05, 0) is 48.9 Å². The number of anilines is 1. The number of amides is 2. The number of aryl methyl sites for hydroxylation is 1. The quantitative estimate of drug-likeness (QED) is 0.787. The Bertz CT molecular complexity index is 834. The Hall–Kier alpha value is -2.38. The molecule has 1 heterocycles. The van der Waals surface area contributed by atoms with Crippen LogP contribution >= 0.6 is 15.9 Å². The van der Waals surface area contributed by atoms with E-state index in [4.69, 9.17) is 9.47 Å². The van der Waals surface area contributed by atoms with Crippen LogP contribution in [0.2, 0.25) is 0 Å². The van der Waals surface area contributed by atoms with Crippen molar-refractivity contribution < 1.29 is 19.1 Å². The van der Waals surface area contributed by atoms with E-state index in [0.29, 0.717) is 43.3 Å². The average Bonchev–Trinajstić information content (AvgIpc) is 2.69. The van der Waals surface area contributed by atoms with E-state index in [0.717, 1.165) is 10.0 Å². The smallest absolute Gasteiger partial charge is 0.262 e. The number of hydrogen-bond acceptors (Lipinski definition) is 4. The van der Waals surface area contributed by atoms with Gasteiger partial charge in [0.05, 0.1) is 13.2 Å². The van der Waals surface area contributed by atoms with Crippen molar-refractivity contribution in [1.82, 2.24) is 4.90 Å². The summed E-state index contributed by atoms with van der Waals surface area (Å²) in [6.07, 6.45) is 0. The van der Waals surface area contributed by atoms with Gasteiger partial charge in [-0.1, -0.05) is 22.0 Å². The van der Waals surface area contributed by atoms with Crippen molar-refractivity contribution >= 4 is 33.4 Å². The lowest BCUT2D eigenvalue weighted by molar-refractivity contribution is -0.118. The summed E-state index contributed by atoms with van der Waals surface area (Å²) in [7, 11) is 0. The van der Waals surface area contributed by atoms with Crippen LogP contribution in [0.1, 0.15) is 15.9 Å². The zero-order valence-electron chi connectivity index (χ0n) is 15.0. The molecule has 142 valence electrons. The number of rotatable bonds is 5. The third-order valence-corrected chi connectivity index (χ3v) is 5.08. The summed E-state index contributed by atoms with van der Waals surface area (Å²) in [5.41, 5.74) is 2.14. The molecular weight excluding hydrogens is 412 g/mol. The second-order valence-corrected chi connectivity index (χ2v) is 7.09. The van der Waals surface area contributed by atoms with Gasteiger partial charge in [0, 0.05) is 28.8 Å². The summed E-state index contributed by atoms with van der Waals surface area (Å²) in [4.78, 5) is 26.5. The van der Waals surface area contributed by atoms with Crippen LogP contribution in [0.4, 0.5) is 5.69 Å². The van der Waals surface area contributed by atoms with Crippen LogP contribution in [-0.4, -0.2) is 49.6 Å². The molecule has 1 saturated heterocycles. The molecule has 0 radical (unpaired) electrons. The minimum absolute atomic E-state index is 0.0593. The highest BCUT2D eigenvalue weighted by Crippen LogP contribution is 2.21. The molecule has 1 N–H and O–H groups in total. The first-order valence-corrected chi connectivity index (χ1v) is 9.48. The van der Waals surface area contributed by atoms with E-state index in [-0.39, 0.29) is 18.4 Å². The van der Waals surface area contributed by atoms with Gasteiger partial charge in [0.2, 0.25) is 0 Å². The second-order valence-electron chi connectivity index (χ2n) is 6.23. The molecule has 0 aromatic heterocycles. The van der Waals surface area contributed by atoms with E-state index in [1.165, 1.54) is 0 Å². The van der Waals surface area contributed by atoms with Gasteiger partial charge >= 0.3 is 0 Å². The highest BCUT2D eigenvalue weighted by molar-refractivity contribution is 9.10. The van der Waals surface area contributed by atoms with Crippen molar-refractivity contribution in [3.63, 3.8) is 0 Å². The van der Waals surface area contributed by atoms with Crippen LogP contribution < -0.4 is 10.1 Å². The van der Waals surface area contributed by atoms with E-state index < -0.39 is 0 Å². The molecular formula is C20H21BrN2O4. The first kappa shape index (κ1) is 19.4. The summed E-state index contributed by atoms with van der Waals surface area (Å²) >= 11 is 3.43. The van der Waals surface area contributed by atoms with Gasteiger partial charge in [0.25, 0.3) is 11.8 Å². The van der Waals surface area contributed by atoms with Crippen LogP contribution in [0.5, 0.6) is 5.75 Å². The van der Waals surface area contributed by atoms with Crippen molar-refractivity contribution in [1.29, 1.82) is 0 Å². The molecule has 2 aromatic rings. The Morgan fingerprint density at radius 2 is 1.96 bits per heavy atom. The number of morpholine rings is 1. The van der Waals surface area contributed by atoms with Gasteiger partial charge in [0.15, 0.2) is 6.61 Å². The standard InChI is InChI=1S/C20H21BrN2O4/c1-14-11-17(5-6-18(14)21)27-13-19(24)22-16-4-2-3-15(12-16)20(25)23-7-9-26-10-8-23/h2-6,11-12H,7-10,13H2,1H3,(H,22,24). The molecule has 1 aliphatic rings. The number of nitrogens with one attached hydrogen (secondary N) is 1. The van der Waals surface area contributed by atoms with Crippen LogP contribution in [0.3, 0.4) is 0 Å². The van der Waals surface area contributed by atoms with E-state index >= 15 is 0 Å². The number of ether oxygens (including phenoxy) is 2. The second kappa shape index (κ2) is 9.01. The number of carbonyl (C=O) groups excluding carboxylic acids is 2. The van der Waals surface area contributed by atoms with Crippen molar-refractivity contribution in [2.45, 2.75) is 6.92 Å². The molecule has 0 aliphatic carbocycles. The maximum Gasteiger partial charge on any atom is 0.262 e. The Kier molecular flexibility index (Phi) is 6.47. The number of hydrogen-bond donors (Lipinski definition) is 1. The van der Waals surface area contributed by atoms with E-state index in [1.54, 1.807) is 35.2 Å². The topological polar surface area (TPSA) is 67.9 Å². The first-order chi connectivity index (χ1) is 13.0. The Morgan fingerprint density at radius 1 is 1.19 bits per heavy atom. The molecule has 0 spiro atoms. The maximum atomic E-state index is 12.5. The highest BCUT2D eigenvalue weighted by Gasteiger charge is 2.18. The molecule has 6 nitrogen and oxygen atoms in total. The third-order valence-electron chi connectivity index (χ3n) is 4.19. The molecule has 0 saturated carbocycles. The lowest BCUT2D eigenvalue weighted by Gasteiger charge is -2.27. The number of halogens is 1. The SMILES string of the molecule is Cc1cc(OCC(=O)Nc2cccc(C(=O)N3CCOCC3)c2)ccc1Br. The minimum Gasteiger partial charge on any atom is -0.484 e. The van der Waals surface area contributed by atoms with Gasteiger partial charge in [-0.25, -0.2) is 0 Å². The summed E-state index contributed by atoms with van der Waals surface area (Å²) in [6, 6.07) is 12.5. The van der Waals surface area contributed by atoms with Gasteiger partial charge in [-0.15, -0.1) is 0 Å². The lowest BCUT2D eigenvalue weighted by Crippen LogP contribution is -2.40. The van der Waals surface area contributed by atoms with Crippen molar-refractivity contribution in [2.24, 2.45) is 0 Å². The Labute approximate surface area is 166 Å². The molecule has 1 fully saturated rings. The molecule has 2 amide bonds. The molecule has 0 unspecified atom stereocenters. The van der Waals surface area contributed by atoms with Gasteiger partial charge in [-0.3, -0.25) is 9.59 Å². The predicted octanol–water partition coefficient (Wildman–Crippen LogP) is 3.25. The van der Waals surface area contributed by atoms with Crippen molar-refractivity contribution in [3.8, 4) is 5.75 Å². The average molecular weight is 433 g/mol. The fraction of sp³-hybridized carbons (Fsp3) is 0.300. The fourth-order valence-electron chi connectivity index (χ4n) is 2.73. The summed E-state index contributed by atoms with van der Waals surface area (Å²) in [5, 5.41) is 2.77. The molecule has 0 atom stereocenters. The third kappa shape index (κ3) is 5.30. The number of nitrogens with zero attached hydrogens (tertiary/aromatic N) is 1. The Balaban J connectivity index is 1.57. The maximum absolute atomic E-state index is 12.5. The minimum atomic E-state index is -0.286. The fourth-order valence-corrected chi connectivity index (χ4v) is 2.98. The zero-order valence-corrected chi connectivity index (χ0v) is 16.6. The zero-order chi connectivity index (χ0) is 19.2. The van der Waals surface area contributed by atoms with E-state index in [2.05, 4.69) is 21.2 Å². The predicted molar refractivity (Wildman–Crippen MR) is 106 cm³/mol. The van der Waals surface area contributed by atoms with Crippen LogP contribution in [-0.2, 0) is 9.53 Å². The summed E-state index contributed by atoms with van der Waals surface area (Å²) in [5.74, 6) is 0.282. The van der Waals surface area contributed by atoms with Gasteiger partial charge in [-0.2, -0.15) is 0 Å². The van der Waals surface area contributed by atoms with Gasteiger partial charge < -0.3 is 19.7 Å². The van der Waals surface area contributed by atoms with Crippen LogP contribution in [0.15, 0.2) is 46.9 Å². The van der Waals surface area contributed by atoms with E-state index in [1.807, 2.05) is 19.1 Å². The van der Waals surface area contributed by atoms with Crippen molar-refractivity contribution in [3.05, 3.63) is 58.1 Å². The van der Waals surface area contributed by atoms with Gasteiger partial charge in [0.1, 0.15) is 5.75 Å². The molecule has 7 heteroatoms. The lowest BCUT2D eigenvalue weighted by atomic mass is 10.1. The molecule has 3 rings (SSSR count). The van der Waals surface area contributed by atoms with Crippen LogP contribution in [0, 0.1) is 6.92 Å². The summed E-state index contributed by atoms with van der Waals surface area (Å²) < 4.78 is 11.8. The molecule has 1 aliphatic heterocycles. The van der Waals surface area contributed by atoms with Crippen molar-refractivity contribution in [2.75, 3.05) is 38.2 Å². The Morgan fingerprint density at radius 3 is 2.70 bits per heavy atom. The molecule has 2 aromatic carbocycles. The van der Waals surface area contributed by atoms with Crippen LogP contribution in [0.25, 0.3) is 0 Å². The number of carbonyl (C=O) groups is 2. The summed E-state index contributed by atoms with van der Waals surface area (Å²) in [6.45, 7) is 4.10. The monoisotopic (exact) mass is 432 g/mol. The number of benzene rings is 2.